The lowest BCUT2D eigenvalue weighted by molar-refractivity contribution is -0.166. The van der Waals surface area contributed by atoms with Gasteiger partial charge in [0.05, 0.1) is 0 Å². The summed E-state index contributed by atoms with van der Waals surface area (Å²) in [6.45, 7) is 6.43. The normalized spacial score (nSPS) is 12.3. The first kappa shape index (κ1) is 65.4. The lowest BCUT2D eigenvalue weighted by Gasteiger charge is -2.18. The zero-order valence-electron chi connectivity index (χ0n) is 45.4. The molecule has 0 rings (SSSR count). The molecule has 0 aromatic rings. The van der Waals surface area contributed by atoms with Crippen molar-refractivity contribution in [3.8, 4) is 0 Å². The molecule has 0 fully saturated rings. The van der Waals surface area contributed by atoms with Gasteiger partial charge in [0.25, 0.3) is 0 Å². The van der Waals surface area contributed by atoms with Crippen LogP contribution >= 0.6 is 0 Å². The zero-order valence-corrected chi connectivity index (χ0v) is 45.4. The van der Waals surface area contributed by atoms with Crippen LogP contribution in [0.4, 0.5) is 0 Å². The first-order valence-electron chi connectivity index (χ1n) is 29.6. The van der Waals surface area contributed by atoms with E-state index in [0.717, 1.165) is 64.2 Å². The molecule has 0 aromatic heterocycles. The largest absolute Gasteiger partial charge is 0.462 e. The number of carbonyl (C=O) groups excluding carboxylic acids is 3. The molecule has 396 valence electrons. The summed E-state index contributed by atoms with van der Waals surface area (Å²) in [7, 11) is 0. The highest BCUT2D eigenvalue weighted by Crippen LogP contribution is 2.17. The minimum Gasteiger partial charge on any atom is -0.462 e. The summed E-state index contributed by atoms with van der Waals surface area (Å²) in [5.74, 6) is -0.981. The predicted molar refractivity (Wildman–Crippen MR) is 293 cm³/mol. The van der Waals surface area contributed by atoms with Gasteiger partial charge in [0, 0.05) is 19.3 Å². The van der Waals surface area contributed by atoms with Gasteiger partial charge in [-0.15, -0.1) is 0 Å². The van der Waals surface area contributed by atoms with Gasteiger partial charge in [-0.2, -0.15) is 0 Å². The van der Waals surface area contributed by atoms with Crippen molar-refractivity contribution < 1.29 is 28.6 Å². The van der Waals surface area contributed by atoms with Crippen molar-refractivity contribution in [3.05, 3.63) is 48.6 Å². The number of ether oxygens (including phenoxy) is 3. The van der Waals surface area contributed by atoms with E-state index in [1.165, 1.54) is 199 Å². The lowest BCUT2D eigenvalue weighted by atomic mass is 10.0. The van der Waals surface area contributed by atoms with E-state index in [1.807, 2.05) is 12.2 Å². The number of unbranched alkanes of at least 4 members (excludes halogenated alkanes) is 35. The molecule has 0 radical (unpaired) electrons. The van der Waals surface area contributed by atoms with Crippen LogP contribution in [-0.2, 0) is 28.6 Å². The number of carbonyl (C=O) groups is 3. The minimum atomic E-state index is -0.805. The molecule has 0 saturated carbocycles. The Bertz CT molecular complexity index is 1190. The fourth-order valence-electron chi connectivity index (χ4n) is 8.69. The van der Waals surface area contributed by atoms with E-state index in [9.17, 15) is 14.4 Å². The van der Waals surface area contributed by atoms with Gasteiger partial charge in [-0.3, -0.25) is 14.4 Å². The standard InChI is InChI=1S/C62H112O6/c1-4-7-10-13-16-18-20-22-23-24-25-26-27-28-29-30-31-32-33-34-35-36-37-38-39-41-42-44-46-49-52-55-61(64)67-58-59(57-66-60(63)54-51-48-15-12-9-6-3)68-62(65)56-53-50-47-45-43-40-21-19-17-14-11-8-5-2/h8,11,17,19,40,43,47,50,59H,4-7,9-10,12-16,18,20-39,41-42,44-46,48-49,51-58H2,1-3H3/b11-8-,19-17-,43-40-,50-47-. The molecule has 0 amide bonds. The Labute approximate surface area is 422 Å². The number of hydrogen-bond donors (Lipinski definition) is 0. The van der Waals surface area contributed by atoms with E-state index in [2.05, 4.69) is 57.2 Å². The van der Waals surface area contributed by atoms with Crippen LogP contribution in [0.1, 0.15) is 310 Å². The molecule has 68 heavy (non-hydrogen) atoms. The Balaban J connectivity index is 3.95. The fraction of sp³-hybridized carbons (Fsp3) is 0.823. The van der Waals surface area contributed by atoms with Gasteiger partial charge in [-0.25, -0.2) is 0 Å². The molecule has 0 saturated heterocycles. The van der Waals surface area contributed by atoms with Crippen LogP contribution in [-0.4, -0.2) is 37.2 Å². The van der Waals surface area contributed by atoms with Crippen molar-refractivity contribution >= 4 is 17.9 Å². The van der Waals surface area contributed by atoms with Gasteiger partial charge in [-0.1, -0.05) is 294 Å². The van der Waals surface area contributed by atoms with E-state index in [0.29, 0.717) is 19.3 Å². The predicted octanol–water partition coefficient (Wildman–Crippen LogP) is 19.8. The molecule has 1 atom stereocenters. The summed E-state index contributed by atoms with van der Waals surface area (Å²) in [4.78, 5) is 37.7. The van der Waals surface area contributed by atoms with Gasteiger partial charge >= 0.3 is 17.9 Å². The zero-order chi connectivity index (χ0) is 49.3. The Morgan fingerprint density at radius 3 is 0.868 bits per heavy atom. The highest BCUT2D eigenvalue weighted by molar-refractivity contribution is 5.71. The van der Waals surface area contributed by atoms with E-state index in [1.54, 1.807) is 0 Å². The maximum Gasteiger partial charge on any atom is 0.306 e. The molecule has 6 heteroatoms. The van der Waals surface area contributed by atoms with Crippen molar-refractivity contribution in [2.75, 3.05) is 13.2 Å². The van der Waals surface area contributed by atoms with Crippen LogP contribution in [0.25, 0.3) is 0 Å². The van der Waals surface area contributed by atoms with E-state index in [-0.39, 0.29) is 37.5 Å². The third-order valence-electron chi connectivity index (χ3n) is 13.1. The lowest BCUT2D eigenvalue weighted by Crippen LogP contribution is -2.30. The molecule has 0 bridgehead atoms. The number of allylic oxidation sites excluding steroid dienone is 8. The Morgan fingerprint density at radius 1 is 0.309 bits per heavy atom. The van der Waals surface area contributed by atoms with Crippen molar-refractivity contribution in [1.82, 2.24) is 0 Å². The number of esters is 3. The van der Waals surface area contributed by atoms with Crippen molar-refractivity contribution in [1.29, 1.82) is 0 Å². The molecule has 0 heterocycles. The summed E-state index contributed by atoms with van der Waals surface area (Å²) in [5, 5.41) is 0. The Kier molecular flexibility index (Phi) is 54.8. The van der Waals surface area contributed by atoms with Crippen molar-refractivity contribution in [2.24, 2.45) is 0 Å². The van der Waals surface area contributed by atoms with Crippen LogP contribution in [0.3, 0.4) is 0 Å². The van der Waals surface area contributed by atoms with Crippen molar-refractivity contribution in [3.63, 3.8) is 0 Å². The molecule has 0 spiro atoms. The second-order valence-corrected chi connectivity index (χ2v) is 19.9. The number of rotatable bonds is 54. The summed E-state index contributed by atoms with van der Waals surface area (Å²) in [6.07, 6.45) is 70.5. The van der Waals surface area contributed by atoms with E-state index in [4.69, 9.17) is 14.2 Å². The monoisotopic (exact) mass is 953 g/mol. The Hall–Kier alpha value is -2.63. The molecule has 0 aromatic carbocycles. The Morgan fingerprint density at radius 2 is 0.574 bits per heavy atom. The topological polar surface area (TPSA) is 78.9 Å². The average molecular weight is 954 g/mol. The second kappa shape index (κ2) is 57.0. The summed E-state index contributed by atoms with van der Waals surface area (Å²) in [5.41, 5.74) is 0. The first-order valence-corrected chi connectivity index (χ1v) is 29.6. The third kappa shape index (κ3) is 54.3. The maximum absolute atomic E-state index is 12.7. The number of hydrogen-bond acceptors (Lipinski definition) is 6. The molecule has 0 aliphatic rings. The second-order valence-electron chi connectivity index (χ2n) is 19.9. The molecular formula is C62H112O6. The third-order valence-corrected chi connectivity index (χ3v) is 13.1. The van der Waals surface area contributed by atoms with Gasteiger partial charge in [0.1, 0.15) is 13.2 Å². The SMILES string of the molecule is CC/C=C\C/C=C\C/C=C\C/C=C\CCC(=O)OC(COC(=O)CCCCCCCC)COC(=O)CCCCCCCCCCCCCCCCCCCCCCCCCCCCCCCCC. The fourth-order valence-corrected chi connectivity index (χ4v) is 8.69. The van der Waals surface area contributed by atoms with E-state index < -0.39 is 6.10 Å². The van der Waals surface area contributed by atoms with Crippen molar-refractivity contribution in [2.45, 2.75) is 316 Å². The molecule has 6 nitrogen and oxygen atoms in total. The molecule has 0 aliphatic carbocycles. The van der Waals surface area contributed by atoms with E-state index >= 15 is 0 Å². The summed E-state index contributed by atoms with van der Waals surface area (Å²) >= 11 is 0. The molecule has 1 unspecified atom stereocenters. The van der Waals surface area contributed by atoms with Gasteiger partial charge in [-0.05, 0) is 44.9 Å². The highest BCUT2D eigenvalue weighted by Gasteiger charge is 2.19. The minimum absolute atomic E-state index is 0.0988. The molecule has 0 aliphatic heterocycles. The summed E-state index contributed by atoms with van der Waals surface area (Å²) in [6, 6.07) is 0. The molecule has 0 N–H and O–H groups in total. The van der Waals surface area contributed by atoms with Gasteiger partial charge < -0.3 is 14.2 Å². The van der Waals surface area contributed by atoms with Crippen LogP contribution in [0.2, 0.25) is 0 Å². The van der Waals surface area contributed by atoms with Gasteiger partial charge in [0.2, 0.25) is 0 Å². The summed E-state index contributed by atoms with van der Waals surface area (Å²) < 4.78 is 16.6. The quantitative estimate of drug-likeness (QED) is 0.0262. The van der Waals surface area contributed by atoms with Crippen LogP contribution < -0.4 is 0 Å². The van der Waals surface area contributed by atoms with Gasteiger partial charge in [0.15, 0.2) is 6.10 Å². The maximum atomic E-state index is 12.7. The van der Waals surface area contributed by atoms with Crippen LogP contribution in [0, 0.1) is 0 Å². The first-order chi connectivity index (χ1) is 33.5. The van der Waals surface area contributed by atoms with Crippen LogP contribution in [0.15, 0.2) is 48.6 Å². The smallest absolute Gasteiger partial charge is 0.306 e. The van der Waals surface area contributed by atoms with Crippen LogP contribution in [0.5, 0.6) is 0 Å². The molecular weight excluding hydrogens is 841 g/mol. The average Bonchev–Trinajstić information content (AvgIpc) is 3.34. The highest BCUT2D eigenvalue weighted by atomic mass is 16.6.